The first kappa shape index (κ1) is 15.7. The molecule has 3 nitrogen and oxygen atoms in total. The molecule has 0 unspecified atom stereocenters. The summed E-state index contributed by atoms with van der Waals surface area (Å²) in [6.07, 6.45) is 1.70. The highest BCUT2D eigenvalue weighted by Crippen LogP contribution is 2.34. The van der Waals surface area contributed by atoms with E-state index in [1.54, 1.807) is 20.9 Å². The summed E-state index contributed by atoms with van der Waals surface area (Å²) in [4.78, 5) is 0.211. The van der Waals surface area contributed by atoms with Crippen molar-refractivity contribution in [3.05, 3.63) is 29.1 Å². The Bertz CT molecular complexity index is 589. The van der Waals surface area contributed by atoms with Gasteiger partial charge >= 0.3 is 0 Å². The molecule has 0 spiro atoms. The number of hydrogen-bond donors (Lipinski definition) is 0. The zero-order valence-corrected chi connectivity index (χ0v) is 13.4. The molecule has 20 heavy (non-hydrogen) atoms. The van der Waals surface area contributed by atoms with E-state index < -0.39 is 15.8 Å². The minimum atomic E-state index is -3.58. The lowest BCUT2D eigenvalue weighted by Crippen LogP contribution is -2.38. The maximum Gasteiger partial charge on any atom is 0.243 e. The summed E-state index contributed by atoms with van der Waals surface area (Å²) in [5.74, 6) is -0.0936. The van der Waals surface area contributed by atoms with Crippen LogP contribution in [0.1, 0.15) is 24.0 Å². The molecule has 112 valence electrons. The van der Waals surface area contributed by atoms with E-state index in [1.165, 1.54) is 16.4 Å². The number of alkyl halides is 1. The standard InChI is InChI=1S/C14H19ClFNO2S/c1-9-4-13(16)5-10(2)14(9)20(18,19)17(3)8-11-6-12(15)7-11/h4-5,11-12H,6-8H2,1-3H3. The molecular weight excluding hydrogens is 301 g/mol. The lowest BCUT2D eigenvalue weighted by atomic mass is 9.85. The molecule has 1 saturated carbocycles. The normalized spacial score (nSPS) is 22.9. The van der Waals surface area contributed by atoms with E-state index in [4.69, 9.17) is 11.6 Å². The fourth-order valence-electron chi connectivity index (χ4n) is 2.73. The fourth-order valence-corrected chi connectivity index (χ4v) is 4.88. The minimum Gasteiger partial charge on any atom is -0.207 e. The number of sulfonamides is 1. The van der Waals surface area contributed by atoms with Crippen molar-refractivity contribution in [3.63, 3.8) is 0 Å². The van der Waals surface area contributed by atoms with Crippen LogP contribution in [0.15, 0.2) is 17.0 Å². The third kappa shape index (κ3) is 3.00. The SMILES string of the molecule is Cc1cc(F)cc(C)c1S(=O)(=O)N(C)CC1CC(Cl)C1. The van der Waals surface area contributed by atoms with Crippen molar-refractivity contribution in [2.75, 3.05) is 13.6 Å². The molecule has 1 aliphatic carbocycles. The van der Waals surface area contributed by atoms with Crippen LogP contribution in [0, 0.1) is 25.6 Å². The van der Waals surface area contributed by atoms with Crippen molar-refractivity contribution in [3.8, 4) is 0 Å². The molecule has 0 aromatic heterocycles. The molecule has 1 aromatic carbocycles. The van der Waals surface area contributed by atoms with E-state index in [0.29, 0.717) is 23.6 Å². The smallest absolute Gasteiger partial charge is 0.207 e. The number of hydrogen-bond acceptors (Lipinski definition) is 2. The van der Waals surface area contributed by atoms with Crippen molar-refractivity contribution in [1.82, 2.24) is 4.31 Å². The van der Waals surface area contributed by atoms with Crippen LogP contribution in [0.2, 0.25) is 0 Å². The van der Waals surface area contributed by atoms with Gasteiger partial charge in [-0.25, -0.2) is 17.1 Å². The zero-order valence-electron chi connectivity index (χ0n) is 11.9. The average Bonchev–Trinajstić information content (AvgIpc) is 2.24. The van der Waals surface area contributed by atoms with Crippen molar-refractivity contribution in [2.45, 2.75) is 37.0 Å². The van der Waals surface area contributed by atoms with Crippen LogP contribution < -0.4 is 0 Å². The second-order valence-electron chi connectivity index (χ2n) is 5.59. The predicted molar refractivity (Wildman–Crippen MR) is 78.1 cm³/mol. The molecule has 0 aliphatic heterocycles. The summed E-state index contributed by atoms with van der Waals surface area (Å²) >= 11 is 5.92. The second-order valence-corrected chi connectivity index (χ2v) is 8.19. The van der Waals surface area contributed by atoms with Gasteiger partial charge in [0.05, 0.1) is 4.90 Å². The lowest BCUT2D eigenvalue weighted by Gasteiger charge is -2.34. The van der Waals surface area contributed by atoms with E-state index in [9.17, 15) is 12.8 Å². The van der Waals surface area contributed by atoms with Crippen LogP contribution in [0.5, 0.6) is 0 Å². The first-order chi connectivity index (χ1) is 9.21. The zero-order chi connectivity index (χ0) is 15.1. The molecule has 0 bridgehead atoms. The summed E-state index contributed by atoms with van der Waals surface area (Å²) < 4.78 is 39.9. The summed E-state index contributed by atoms with van der Waals surface area (Å²) in [6.45, 7) is 3.70. The van der Waals surface area contributed by atoms with Gasteiger partial charge in [0.25, 0.3) is 0 Å². The number of aryl methyl sites for hydroxylation is 2. The fraction of sp³-hybridized carbons (Fsp3) is 0.571. The molecule has 2 rings (SSSR count). The predicted octanol–water partition coefficient (Wildman–Crippen LogP) is 3.08. The van der Waals surface area contributed by atoms with Crippen LogP contribution >= 0.6 is 11.6 Å². The number of rotatable bonds is 4. The Balaban J connectivity index is 2.26. The van der Waals surface area contributed by atoms with Crippen molar-refractivity contribution in [2.24, 2.45) is 5.92 Å². The third-order valence-corrected chi connectivity index (χ3v) is 6.27. The second kappa shape index (κ2) is 5.62. The highest BCUT2D eigenvalue weighted by Gasteiger charge is 2.32. The van der Waals surface area contributed by atoms with Gasteiger partial charge in [0.2, 0.25) is 10.0 Å². The minimum absolute atomic E-state index is 0.172. The summed E-state index contributed by atoms with van der Waals surface area (Å²) in [5.41, 5.74) is 0.886. The van der Waals surface area contributed by atoms with E-state index in [0.717, 1.165) is 12.8 Å². The Morgan fingerprint density at radius 3 is 2.25 bits per heavy atom. The Morgan fingerprint density at radius 1 is 1.30 bits per heavy atom. The van der Waals surface area contributed by atoms with Gasteiger partial charge in [0.1, 0.15) is 5.82 Å². The van der Waals surface area contributed by atoms with Gasteiger partial charge < -0.3 is 0 Å². The maximum atomic E-state index is 13.3. The van der Waals surface area contributed by atoms with Crippen molar-refractivity contribution < 1.29 is 12.8 Å². The van der Waals surface area contributed by atoms with Gasteiger partial charge in [-0.15, -0.1) is 11.6 Å². The first-order valence-electron chi connectivity index (χ1n) is 6.59. The van der Waals surface area contributed by atoms with Crippen molar-refractivity contribution in [1.29, 1.82) is 0 Å². The molecule has 1 aliphatic rings. The molecule has 0 saturated heterocycles. The molecule has 1 aromatic rings. The molecular formula is C14H19ClFNO2S. The van der Waals surface area contributed by atoms with Crippen LogP contribution in [-0.4, -0.2) is 31.7 Å². The van der Waals surface area contributed by atoms with Crippen LogP contribution in [0.25, 0.3) is 0 Å². The monoisotopic (exact) mass is 319 g/mol. The molecule has 1 fully saturated rings. The van der Waals surface area contributed by atoms with E-state index in [-0.39, 0.29) is 10.3 Å². The first-order valence-corrected chi connectivity index (χ1v) is 8.46. The van der Waals surface area contributed by atoms with E-state index in [1.807, 2.05) is 0 Å². The molecule has 6 heteroatoms. The molecule has 0 N–H and O–H groups in total. The molecule has 0 amide bonds. The summed E-state index contributed by atoms with van der Waals surface area (Å²) in [6, 6.07) is 2.51. The van der Waals surface area contributed by atoms with E-state index >= 15 is 0 Å². The Morgan fingerprint density at radius 2 is 1.80 bits per heavy atom. The Labute approximate surface area is 124 Å². The Hall–Kier alpha value is -0.650. The molecule has 0 radical (unpaired) electrons. The van der Waals surface area contributed by atoms with Crippen LogP contribution in [0.4, 0.5) is 4.39 Å². The number of benzene rings is 1. The third-order valence-electron chi connectivity index (χ3n) is 3.79. The topological polar surface area (TPSA) is 37.4 Å². The Kier molecular flexibility index (Phi) is 4.42. The van der Waals surface area contributed by atoms with Gasteiger partial charge in [-0.1, -0.05) is 0 Å². The van der Waals surface area contributed by atoms with Gasteiger partial charge in [0.15, 0.2) is 0 Å². The van der Waals surface area contributed by atoms with Gasteiger partial charge in [-0.05, 0) is 55.9 Å². The van der Waals surface area contributed by atoms with Crippen molar-refractivity contribution >= 4 is 21.6 Å². The largest absolute Gasteiger partial charge is 0.243 e. The highest BCUT2D eigenvalue weighted by molar-refractivity contribution is 7.89. The summed E-state index contributed by atoms with van der Waals surface area (Å²) in [7, 11) is -2.01. The van der Waals surface area contributed by atoms with Crippen LogP contribution in [-0.2, 0) is 10.0 Å². The quantitative estimate of drug-likeness (QED) is 0.800. The highest BCUT2D eigenvalue weighted by atomic mass is 35.5. The number of halogens is 2. The van der Waals surface area contributed by atoms with Gasteiger partial charge in [0, 0.05) is 19.0 Å². The average molecular weight is 320 g/mol. The van der Waals surface area contributed by atoms with Crippen LogP contribution in [0.3, 0.4) is 0 Å². The summed E-state index contributed by atoms with van der Waals surface area (Å²) in [5, 5.41) is 0.172. The van der Waals surface area contributed by atoms with Gasteiger partial charge in [-0.2, -0.15) is 0 Å². The van der Waals surface area contributed by atoms with Gasteiger partial charge in [-0.3, -0.25) is 0 Å². The van der Waals surface area contributed by atoms with E-state index in [2.05, 4.69) is 0 Å². The molecule has 0 atom stereocenters. The lowest BCUT2D eigenvalue weighted by molar-refractivity contribution is 0.268. The molecule has 0 heterocycles. The number of nitrogens with zero attached hydrogens (tertiary/aromatic N) is 1. The maximum absolute atomic E-state index is 13.3.